The maximum absolute atomic E-state index is 10.1. The van der Waals surface area contributed by atoms with Crippen LogP contribution in [-0.4, -0.2) is 20.3 Å². The van der Waals surface area contributed by atoms with Crippen molar-refractivity contribution in [2.75, 3.05) is 14.2 Å². The fourth-order valence-electron chi connectivity index (χ4n) is 1.17. The molecule has 0 fully saturated rings. The molecule has 1 aromatic carbocycles. The zero-order valence-electron chi connectivity index (χ0n) is 8.33. The van der Waals surface area contributed by atoms with Crippen molar-refractivity contribution in [3.63, 3.8) is 0 Å². The van der Waals surface area contributed by atoms with E-state index in [1.165, 1.54) is 13.2 Å². The van der Waals surface area contributed by atoms with Crippen LogP contribution in [0, 0.1) is 6.92 Å². The zero-order chi connectivity index (χ0) is 10.6. The second kappa shape index (κ2) is 4.44. The van der Waals surface area contributed by atoms with Crippen LogP contribution in [0.1, 0.15) is 5.56 Å². The van der Waals surface area contributed by atoms with Crippen LogP contribution in [0.4, 0.5) is 5.69 Å². The molecule has 0 aliphatic rings. The highest BCUT2D eigenvalue weighted by atomic mass is 16.5. The van der Waals surface area contributed by atoms with Gasteiger partial charge in [0.25, 0.3) is 0 Å². The van der Waals surface area contributed by atoms with Gasteiger partial charge < -0.3 is 9.47 Å². The molecule has 4 heteroatoms. The summed E-state index contributed by atoms with van der Waals surface area (Å²) < 4.78 is 10.1. The number of carbonyl (C=O) groups excluding carboxylic acids is 1. The smallest absolute Gasteiger partial charge is 0.240 e. The Hall–Kier alpha value is -1.80. The van der Waals surface area contributed by atoms with E-state index in [2.05, 4.69) is 4.99 Å². The molecule has 4 nitrogen and oxygen atoms in total. The zero-order valence-corrected chi connectivity index (χ0v) is 8.33. The number of methoxy groups -OCH3 is 2. The first-order valence-electron chi connectivity index (χ1n) is 4.03. The van der Waals surface area contributed by atoms with Gasteiger partial charge in [0.15, 0.2) is 0 Å². The maximum atomic E-state index is 10.1. The summed E-state index contributed by atoms with van der Waals surface area (Å²) in [5.41, 5.74) is 1.35. The fraction of sp³-hybridized carbons (Fsp3) is 0.300. The van der Waals surface area contributed by atoms with E-state index in [-0.39, 0.29) is 0 Å². The Bertz CT molecular complexity index is 381. The summed E-state index contributed by atoms with van der Waals surface area (Å²) in [5, 5.41) is 0. The third-order valence-corrected chi connectivity index (χ3v) is 1.86. The third-order valence-electron chi connectivity index (χ3n) is 1.86. The molecule has 1 rings (SSSR count). The lowest BCUT2D eigenvalue weighted by molar-refractivity contribution is 0.401. The quantitative estimate of drug-likeness (QED) is 0.544. The van der Waals surface area contributed by atoms with Gasteiger partial charge in [0.2, 0.25) is 6.08 Å². The monoisotopic (exact) mass is 193 g/mol. The van der Waals surface area contributed by atoms with Gasteiger partial charge in [-0.15, -0.1) is 0 Å². The van der Waals surface area contributed by atoms with E-state index in [1.54, 1.807) is 19.2 Å². The van der Waals surface area contributed by atoms with Crippen LogP contribution >= 0.6 is 0 Å². The highest BCUT2D eigenvalue weighted by Gasteiger charge is 2.07. The number of aryl methyl sites for hydroxylation is 1. The summed E-state index contributed by atoms with van der Waals surface area (Å²) >= 11 is 0. The highest BCUT2D eigenvalue weighted by Crippen LogP contribution is 2.33. The van der Waals surface area contributed by atoms with Crippen LogP contribution in [0.2, 0.25) is 0 Å². The predicted octanol–water partition coefficient (Wildman–Crippen LogP) is 1.98. The van der Waals surface area contributed by atoms with Crippen LogP contribution in [0.15, 0.2) is 17.1 Å². The molecule has 0 radical (unpaired) electrons. The van der Waals surface area contributed by atoms with Crippen molar-refractivity contribution >= 4 is 11.8 Å². The third kappa shape index (κ3) is 1.92. The minimum Gasteiger partial charge on any atom is -0.496 e. The molecule has 0 saturated carbocycles. The molecule has 0 saturated heterocycles. The summed E-state index contributed by atoms with van der Waals surface area (Å²) in [5.74, 6) is 1.20. The van der Waals surface area contributed by atoms with E-state index in [0.29, 0.717) is 17.2 Å². The topological polar surface area (TPSA) is 47.9 Å². The molecular weight excluding hydrogens is 182 g/mol. The number of rotatable bonds is 3. The summed E-state index contributed by atoms with van der Waals surface area (Å²) in [6, 6.07) is 3.40. The molecule has 0 bridgehead atoms. The summed E-state index contributed by atoms with van der Waals surface area (Å²) in [6.45, 7) is 1.88. The first-order chi connectivity index (χ1) is 6.72. The molecule has 0 aliphatic heterocycles. The number of aliphatic imine (C=N–C) groups is 1. The molecule has 0 heterocycles. The van der Waals surface area contributed by atoms with Gasteiger partial charge in [0.05, 0.1) is 14.2 Å². The van der Waals surface area contributed by atoms with E-state index < -0.39 is 0 Å². The Morgan fingerprint density at radius 2 is 1.86 bits per heavy atom. The van der Waals surface area contributed by atoms with E-state index in [1.807, 2.05) is 6.92 Å². The second-order valence-electron chi connectivity index (χ2n) is 2.70. The average molecular weight is 193 g/mol. The van der Waals surface area contributed by atoms with Crippen molar-refractivity contribution < 1.29 is 14.3 Å². The number of ether oxygens (including phenoxy) is 2. The Morgan fingerprint density at radius 3 is 2.36 bits per heavy atom. The van der Waals surface area contributed by atoms with Gasteiger partial charge in [-0.2, -0.15) is 4.99 Å². The molecule has 0 N–H and O–H groups in total. The van der Waals surface area contributed by atoms with Gasteiger partial charge in [-0.3, -0.25) is 0 Å². The van der Waals surface area contributed by atoms with Crippen molar-refractivity contribution in [2.45, 2.75) is 6.92 Å². The summed E-state index contributed by atoms with van der Waals surface area (Å²) in [6.07, 6.45) is 1.47. The summed E-state index contributed by atoms with van der Waals surface area (Å²) in [4.78, 5) is 13.7. The number of benzene rings is 1. The standard InChI is InChI=1S/C10H11NO3/c1-7-4-10(14-3)8(11-6-12)5-9(7)13-2/h4-5H,1-3H3. The maximum Gasteiger partial charge on any atom is 0.240 e. The molecule has 74 valence electrons. The van der Waals surface area contributed by atoms with Crippen LogP contribution < -0.4 is 9.47 Å². The molecule has 0 atom stereocenters. The van der Waals surface area contributed by atoms with E-state index in [4.69, 9.17) is 9.47 Å². The normalized spacial score (nSPS) is 9.07. The first kappa shape index (κ1) is 10.3. The molecule has 0 spiro atoms. The number of hydrogen-bond donors (Lipinski definition) is 0. The molecule has 1 aromatic rings. The van der Waals surface area contributed by atoms with Crippen molar-refractivity contribution in [1.29, 1.82) is 0 Å². The van der Waals surface area contributed by atoms with Gasteiger partial charge in [0.1, 0.15) is 17.2 Å². The number of isocyanates is 1. The lowest BCUT2D eigenvalue weighted by atomic mass is 10.2. The van der Waals surface area contributed by atoms with Crippen molar-refractivity contribution in [1.82, 2.24) is 0 Å². The molecule has 0 unspecified atom stereocenters. The van der Waals surface area contributed by atoms with Crippen LogP contribution in [0.25, 0.3) is 0 Å². The van der Waals surface area contributed by atoms with E-state index >= 15 is 0 Å². The van der Waals surface area contributed by atoms with Gasteiger partial charge in [-0.05, 0) is 18.6 Å². The number of hydrogen-bond acceptors (Lipinski definition) is 4. The lowest BCUT2D eigenvalue weighted by Gasteiger charge is -2.08. The second-order valence-corrected chi connectivity index (χ2v) is 2.70. The Labute approximate surface area is 82.2 Å². The van der Waals surface area contributed by atoms with E-state index in [0.717, 1.165) is 5.56 Å². The Balaban J connectivity index is 3.31. The van der Waals surface area contributed by atoms with E-state index in [9.17, 15) is 4.79 Å². The molecule has 0 amide bonds. The lowest BCUT2D eigenvalue weighted by Crippen LogP contribution is -1.90. The number of nitrogens with zero attached hydrogens (tertiary/aromatic N) is 1. The first-order valence-corrected chi connectivity index (χ1v) is 4.03. The van der Waals surface area contributed by atoms with Gasteiger partial charge in [0, 0.05) is 6.07 Å². The van der Waals surface area contributed by atoms with Crippen LogP contribution in [-0.2, 0) is 4.79 Å². The minimum absolute atomic E-state index is 0.421. The van der Waals surface area contributed by atoms with Gasteiger partial charge in [-0.1, -0.05) is 0 Å². The SMILES string of the molecule is COc1cc(N=C=O)c(OC)cc1C. The van der Waals surface area contributed by atoms with Crippen LogP contribution in [0.5, 0.6) is 11.5 Å². The average Bonchev–Trinajstić information content (AvgIpc) is 2.20. The van der Waals surface area contributed by atoms with Crippen molar-refractivity contribution in [3.8, 4) is 11.5 Å². The Kier molecular flexibility index (Phi) is 3.26. The molecule has 0 aliphatic carbocycles. The van der Waals surface area contributed by atoms with Crippen molar-refractivity contribution in [3.05, 3.63) is 17.7 Å². The highest BCUT2D eigenvalue weighted by molar-refractivity contribution is 5.62. The minimum atomic E-state index is 0.421. The molecular formula is C10H11NO3. The van der Waals surface area contributed by atoms with Gasteiger partial charge >= 0.3 is 0 Å². The largest absolute Gasteiger partial charge is 0.496 e. The molecule has 14 heavy (non-hydrogen) atoms. The summed E-state index contributed by atoms with van der Waals surface area (Å²) in [7, 11) is 3.08. The van der Waals surface area contributed by atoms with Gasteiger partial charge in [-0.25, -0.2) is 4.79 Å². The Morgan fingerprint density at radius 1 is 1.21 bits per heavy atom. The van der Waals surface area contributed by atoms with Crippen molar-refractivity contribution in [2.24, 2.45) is 4.99 Å². The fourth-order valence-corrected chi connectivity index (χ4v) is 1.17. The predicted molar refractivity (Wildman–Crippen MR) is 52.1 cm³/mol. The van der Waals surface area contributed by atoms with Crippen LogP contribution in [0.3, 0.4) is 0 Å². The molecule has 0 aromatic heterocycles.